The quantitative estimate of drug-likeness (QED) is 0.877. The molecule has 0 fully saturated rings. The standard InChI is InChI=1S/C14H13N3O2/c1-3-10-4-5-12(9(2)6-10)17-8-11(7-15)13(18)16-14(17)19/h4-6,8H,3H2,1-2H3,(H,16,18,19). The normalized spacial score (nSPS) is 10.2. The van der Waals surface area contributed by atoms with Crippen molar-refractivity contribution in [3.63, 3.8) is 0 Å². The Kier molecular flexibility index (Phi) is 3.34. The van der Waals surface area contributed by atoms with Crippen LogP contribution in [-0.4, -0.2) is 9.55 Å². The predicted octanol–water partition coefficient (Wildman–Crippen LogP) is 1.27. The van der Waals surface area contributed by atoms with E-state index in [0.717, 1.165) is 12.0 Å². The summed E-state index contributed by atoms with van der Waals surface area (Å²) in [5, 5.41) is 8.85. The van der Waals surface area contributed by atoms with Crippen LogP contribution in [0.1, 0.15) is 23.6 Å². The fourth-order valence-corrected chi connectivity index (χ4v) is 1.94. The van der Waals surface area contributed by atoms with Gasteiger partial charge in [-0.2, -0.15) is 5.26 Å². The Bertz CT molecular complexity index is 778. The van der Waals surface area contributed by atoms with Crippen LogP contribution in [0.4, 0.5) is 0 Å². The van der Waals surface area contributed by atoms with Crippen LogP contribution >= 0.6 is 0 Å². The first-order valence-corrected chi connectivity index (χ1v) is 5.92. The summed E-state index contributed by atoms with van der Waals surface area (Å²) < 4.78 is 1.29. The van der Waals surface area contributed by atoms with Gasteiger partial charge < -0.3 is 0 Å². The smallest absolute Gasteiger partial charge is 0.273 e. The van der Waals surface area contributed by atoms with E-state index in [4.69, 9.17) is 5.26 Å². The second kappa shape index (κ2) is 4.94. The number of nitriles is 1. The third kappa shape index (κ3) is 2.33. The van der Waals surface area contributed by atoms with Crippen molar-refractivity contribution in [2.45, 2.75) is 20.3 Å². The lowest BCUT2D eigenvalue weighted by Crippen LogP contribution is -2.30. The molecule has 0 unspecified atom stereocenters. The molecule has 1 heterocycles. The molecular weight excluding hydrogens is 242 g/mol. The van der Waals surface area contributed by atoms with Gasteiger partial charge in [0.25, 0.3) is 5.56 Å². The summed E-state index contributed by atoms with van der Waals surface area (Å²) in [6, 6.07) is 7.49. The lowest BCUT2D eigenvalue weighted by atomic mass is 10.1. The van der Waals surface area contributed by atoms with Gasteiger partial charge in [0.15, 0.2) is 0 Å². The molecule has 0 amide bonds. The van der Waals surface area contributed by atoms with E-state index in [1.54, 1.807) is 6.07 Å². The third-order valence-electron chi connectivity index (χ3n) is 2.99. The number of nitrogens with zero attached hydrogens (tertiary/aromatic N) is 2. The highest BCUT2D eigenvalue weighted by Crippen LogP contribution is 2.14. The van der Waals surface area contributed by atoms with Crippen LogP contribution in [0.2, 0.25) is 0 Å². The highest BCUT2D eigenvalue weighted by molar-refractivity contribution is 5.43. The molecule has 0 aliphatic rings. The number of aromatic nitrogens is 2. The van der Waals surface area contributed by atoms with Crippen molar-refractivity contribution in [3.05, 3.63) is 61.9 Å². The van der Waals surface area contributed by atoms with Gasteiger partial charge in [-0.25, -0.2) is 4.79 Å². The molecule has 0 saturated carbocycles. The molecule has 19 heavy (non-hydrogen) atoms. The molecule has 1 aromatic heterocycles. The monoisotopic (exact) mass is 255 g/mol. The van der Waals surface area contributed by atoms with Gasteiger partial charge >= 0.3 is 5.69 Å². The summed E-state index contributed by atoms with van der Waals surface area (Å²) >= 11 is 0. The lowest BCUT2D eigenvalue weighted by molar-refractivity contribution is 0.881. The van der Waals surface area contributed by atoms with Crippen molar-refractivity contribution in [1.82, 2.24) is 9.55 Å². The topological polar surface area (TPSA) is 78.7 Å². The number of nitrogens with one attached hydrogen (secondary N) is 1. The molecule has 0 aliphatic heterocycles. The van der Waals surface area contributed by atoms with E-state index in [2.05, 4.69) is 11.9 Å². The summed E-state index contributed by atoms with van der Waals surface area (Å²) in [5.74, 6) is 0. The average molecular weight is 255 g/mol. The molecule has 2 rings (SSSR count). The highest BCUT2D eigenvalue weighted by atomic mass is 16.2. The second-order valence-electron chi connectivity index (χ2n) is 4.26. The van der Waals surface area contributed by atoms with E-state index in [-0.39, 0.29) is 5.56 Å². The molecular formula is C14H13N3O2. The zero-order valence-corrected chi connectivity index (χ0v) is 10.7. The third-order valence-corrected chi connectivity index (χ3v) is 2.99. The van der Waals surface area contributed by atoms with E-state index in [1.165, 1.54) is 16.3 Å². The molecule has 1 N–H and O–H groups in total. The van der Waals surface area contributed by atoms with Gasteiger partial charge in [-0.3, -0.25) is 14.3 Å². The number of H-pyrrole nitrogens is 1. The SMILES string of the molecule is CCc1ccc(-n2cc(C#N)c(=O)[nH]c2=O)c(C)c1. The number of benzene rings is 1. The fraction of sp³-hybridized carbons (Fsp3) is 0.214. The van der Waals surface area contributed by atoms with E-state index in [1.807, 2.05) is 25.1 Å². The van der Waals surface area contributed by atoms with Crippen molar-refractivity contribution in [3.8, 4) is 11.8 Å². The van der Waals surface area contributed by atoms with Crippen molar-refractivity contribution in [1.29, 1.82) is 5.26 Å². The van der Waals surface area contributed by atoms with E-state index < -0.39 is 11.2 Å². The highest BCUT2D eigenvalue weighted by Gasteiger charge is 2.08. The molecule has 5 nitrogen and oxygen atoms in total. The van der Waals surface area contributed by atoms with Crippen molar-refractivity contribution in [2.24, 2.45) is 0 Å². The molecule has 1 aromatic carbocycles. The molecule has 0 saturated heterocycles. The Morgan fingerprint density at radius 1 is 1.37 bits per heavy atom. The molecule has 0 aliphatic carbocycles. The summed E-state index contributed by atoms with van der Waals surface area (Å²) in [4.78, 5) is 25.3. The zero-order valence-electron chi connectivity index (χ0n) is 10.7. The van der Waals surface area contributed by atoms with Gasteiger partial charge in [-0.05, 0) is 30.5 Å². The number of hydrogen-bond acceptors (Lipinski definition) is 3. The first-order valence-electron chi connectivity index (χ1n) is 5.92. The van der Waals surface area contributed by atoms with Gasteiger partial charge in [0.2, 0.25) is 0 Å². The minimum atomic E-state index is -0.661. The molecule has 2 aromatic rings. The van der Waals surface area contributed by atoms with E-state index >= 15 is 0 Å². The molecule has 96 valence electrons. The maximum atomic E-state index is 11.8. The maximum absolute atomic E-state index is 11.8. The Hall–Kier alpha value is -2.61. The van der Waals surface area contributed by atoms with Crippen molar-refractivity contribution >= 4 is 0 Å². The van der Waals surface area contributed by atoms with E-state index in [0.29, 0.717) is 5.69 Å². The van der Waals surface area contributed by atoms with E-state index in [9.17, 15) is 9.59 Å². The van der Waals surface area contributed by atoms with Crippen LogP contribution in [0.5, 0.6) is 0 Å². The van der Waals surface area contributed by atoms with Crippen LogP contribution in [0.15, 0.2) is 34.0 Å². The van der Waals surface area contributed by atoms with Crippen LogP contribution < -0.4 is 11.2 Å². The molecule has 5 heteroatoms. The number of hydrogen-bond donors (Lipinski definition) is 1. The summed E-state index contributed by atoms with van der Waals surface area (Å²) in [6.07, 6.45) is 2.18. The molecule has 0 bridgehead atoms. The van der Waals surface area contributed by atoms with Crippen LogP contribution in [0.3, 0.4) is 0 Å². The molecule has 0 spiro atoms. The Morgan fingerprint density at radius 2 is 2.11 bits per heavy atom. The number of aromatic amines is 1. The van der Waals surface area contributed by atoms with Gasteiger partial charge in [-0.15, -0.1) is 0 Å². The molecule has 0 radical (unpaired) electrons. The summed E-state index contributed by atoms with van der Waals surface area (Å²) in [7, 11) is 0. The van der Waals surface area contributed by atoms with Gasteiger partial charge in [-0.1, -0.05) is 19.1 Å². The largest absolute Gasteiger partial charge is 0.332 e. The van der Waals surface area contributed by atoms with Crippen LogP contribution in [-0.2, 0) is 6.42 Å². The van der Waals surface area contributed by atoms with Gasteiger partial charge in [0.05, 0.1) is 5.69 Å². The summed E-state index contributed by atoms with van der Waals surface area (Å²) in [5.41, 5.74) is 1.45. The first-order chi connectivity index (χ1) is 9.06. The van der Waals surface area contributed by atoms with Gasteiger partial charge in [0.1, 0.15) is 11.6 Å². The zero-order chi connectivity index (χ0) is 14.0. The summed E-state index contributed by atoms with van der Waals surface area (Å²) in [6.45, 7) is 3.94. The predicted molar refractivity (Wildman–Crippen MR) is 71.5 cm³/mol. The average Bonchev–Trinajstić information content (AvgIpc) is 2.39. The molecule has 0 atom stereocenters. The Morgan fingerprint density at radius 3 is 2.68 bits per heavy atom. The van der Waals surface area contributed by atoms with Crippen molar-refractivity contribution in [2.75, 3.05) is 0 Å². The fourth-order valence-electron chi connectivity index (χ4n) is 1.94. The lowest BCUT2D eigenvalue weighted by Gasteiger charge is -2.10. The van der Waals surface area contributed by atoms with Crippen molar-refractivity contribution < 1.29 is 0 Å². The minimum absolute atomic E-state index is 0.0847. The minimum Gasteiger partial charge on any atom is -0.273 e. The second-order valence-corrected chi connectivity index (χ2v) is 4.26. The number of aryl methyl sites for hydroxylation is 2. The Balaban J connectivity index is 2.69. The van der Waals surface area contributed by atoms with Crippen LogP contribution in [0.25, 0.3) is 5.69 Å². The number of rotatable bonds is 2. The first kappa shape index (κ1) is 12.8. The van der Waals surface area contributed by atoms with Gasteiger partial charge in [0, 0.05) is 6.20 Å². The Labute approximate surface area is 109 Å². The maximum Gasteiger partial charge on any atom is 0.332 e. The van der Waals surface area contributed by atoms with Crippen LogP contribution in [0, 0.1) is 18.3 Å².